The summed E-state index contributed by atoms with van der Waals surface area (Å²) in [6, 6.07) is 7.86. The summed E-state index contributed by atoms with van der Waals surface area (Å²) < 4.78 is 50.9. The molecule has 1 unspecified atom stereocenters. The predicted octanol–water partition coefficient (Wildman–Crippen LogP) is 4.41. The number of alkyl halides is 3. The Hall–Kier alpha value is -2.35. The zero-order chi connectivity index (χ0) is 22.4. The number of esters is 1. The van der Waals surface area contributed by atoms with Crippen molar-refractivity contribution >= 4 is 11.9 Å². The molecule has 0 N–H and O–H groups in total. The second-order valence-electron chi connectivity index (χ2n) is 7.99. The van der Waals surface area contributed by atoms with Crippen LogP contribution in [0.1, 0.15) is 44.6 Å². The van der Waals surface area contributed by atoms with Gasteiger partial charge in [0.15, 0.2) is 0 Å². The van der Waals surface area contributed by atoms with E-state index in [0.29, 0.717) is 32.5 Å². The minimum absolute atomic E-state index is 0.103. The van der Waals surface area contributed by atoms with Crippen molar-refractivity contribution < 1.29 is 32.2 Å². The molecular formula is C23H28F3NO4. The number of carbonyl (C=O) groups is 2. The highest BCUT2D eigenvalue weighted by atomic mass is 19.4. The van der Waals surface area contributed by atoms with Crippen LogP contribution < -0.4 is 0 Å². The van der Waals surface area contributed by atoms with Crippen LogP contribution in [0.5, 0.6) is 0 Å². The third kappa shape index (κ3) is 5.87. The summed E-state index contributed by atoms with van der Waals surface area (Å²) in [7, 11) is 0. The number of hydrogen-bond donors (Lipinski definition) is 0. The molecule has 1 heterocycles. The van der Waals surface area contributed by atoms with Crippen LogP contribution in [0.25, 0.3) is 0 Å². The van der Waals surface area contributed by atoms with E-state index in [2.05, 4.69) is 0 Å². The van der Waals surface area contributed by atoms with Crippen LogP contribution >= 0.6 is 0 Å². The van der Waals surface area contributed by atoms with Crippen LogP contribution in [0.2, 0.25) is 0 Å². The number of amides is 1. The van der Waals surface area contributed by atoms with Gasteiger partial charge in [0.05, 0.1) is 12.0 Å². The van der Waals surface area contributed by atoms with Gasteiger partial charge in [-0.3, -0.25) is 9.59 Å². The standard InChI is InChI=1S/C23H28F3NO4/c1-2-6-17-13-19(14-20(17)21(28)31-15-16-7-4-3-5-8-16)27(22(29)23(24,25)26)18-9-11-30-12-10-18/h3-5,7-8,13,18-20H,2,6,9-12,14-15H2,1H3/t19?,20-/m1/s1. The van der Waals surface area contributed by atoms with E-state index >= 15 is 0 Å². The minimum atomic E-state index is -4.97. The molecule has 170 valence electrons. The van der Waals surface area contributed by atoms with E-state index in [1.807, 2.05) is 37.3 Å². The molecule has 1 aromatic rings. The smallest absolute Gasteiger partial charge is 0.460 e. The molecule has 1 amide bonds. The fourth-order valence-electron chi connectivity index (χ4n) is 4.34. The molecule has 0 saturated carbocycles. The van der Waals surface area contributed by atoms with Gasteiger partial charge in [0.25, 0.3) is 0 Å². The average Bonchev–Trinajstić information content (AvgIpc) is 3.17. The number of benzene rings is 1. The van der Waals surface area contributed by atoms with E-state index in [1.165, 1.54) is 0 Å². The molecule has 0 bridgehead atoms. The van der Waals surface area contributed by atoms with Gasteiger partial charge < -0.3 is 14.4 Å². The Balaban J connectivity index is 1.77. The van der Waals surface area contributed by atoms with Gasteiger partial charge in [-0.25, -0.2) is 0 Å². The van der Waals surface area contributed by atoms with E-state index in [1.54, 1.807) is 6.08 Å². The molecule has 8 heteroatoms. The first kappa shape index (κ1) is 23.3. The van der Waals surface area contributed by atoms with Crippen LogP contribution in [-0.2, 0) is 25.7 Å². The van der Waals surface area contributed by atoms with E-state index in [-0.39, 0.29) is 13.0 Å². The van der Waals surface area contributed by atoms with Crippen LogP contribution in [-0.4, -0.2) is 48.3 Å². The second kappa shape index (κ2) is 10.3. The third-order valence-corrected chi connectivity index (χ3v) is 5.80. The number of carbonyl (C=O) groups excluding carboxylic acids is 2. The highest BCUT2D eigenvalue weighted by Crippen LogP contribution is 2.37. The first-order valence-corrected chi connectivity index (χ1v) is 10.7. The van der Waals surface area contributed by atoms with E-state index in [9.17, 15) is 22.8 Å². The van der Waals surface area contributed by atoms with Crippen molar-refractivity contribution in [2.45, 2.75) is 63.9 Å². The highest BCUT2D eigenvalue weighted by molar-refractivity contribution is 5.83. The van der Waals surface area contributed by atoms with Crippen molar-refractivity contribution in [3.63, 3.8) is 0 Å². The lowest BCUT2D eigenvalue weighted by molar-refractivity contribution is -0.191. The zero-order valence-electron chi connectivity index (χ0n) is 17.6. The topological polar surface area (TPSA) is 55.8 Å². The zero-order valence-corrected chi connectivity index (χ0v) is 17.6. The molecule has 1 saturated heterocycles. The summed E-state index contributed by atoms with van der Waals surface area (Å²) in [5, 5.41) is 0. The van der Waals surface area contributed by atoms with Gasteiger partial charge in [-0.05, 0) is 31.2 Å². The molecule has 5 nitrogen and oxygen atoms in total. The van der Waals surface area contributed by atoms with Gasteiger partial charge in [-0.1, -0.05) is 55.3 Å². The van der Waals surface area contributed by atoms with Gasteiger partial charge in [-0.15, -0.1) is 0 Å². The second-order valence-corrected chi connectivity index (χ2v) is 7.99. The lowest BCUT2D eigenvalue weighted by atomic mass is 9.97. The summed E-state index contributed by atoms with van der Waals surface area (Å²) in [6.45, 7) is 2.67. The number of hydrogen-bond acceptors (Lipinski definition) is 4. The Bertz CT molecular complexity index is 788. The Morgan fingerprint density at radius 2 is 1.84 bits per heavy atom. The molecule has 1 aliphatic carbocycles. The maximum atomic E-state index is 13.4. The quantitative estimate of drug-likeness (QED) is 0.466. The number of halogens is 3. The molecule has 0 spiro atoms. The largest absolute Gasteiger partial charge is 0.471 e. The average molecular weight is 439 g/mol. The molecule has 2 aliphatic rings. The highest BCUT2D eigenvalue weighted by Gasteiger charge is 2.49. The molecule has 2 atom stereocenters. The van der Waals surface area contributed by atoms with Gasteiger partial charge in [0, 0.05) is 19.3 Å². The van der Waals surface area contributed by atoms with Gasteiger partial charge in [0.1, 0.15) is 6.61 Å². The molecule has 0 aromatic heterocycles. The van der Waals surface area contributed by atoms with Gasteiger partial charge in [0.2, 0.25) is 0 Å². The Kier molecular flexibility index (Phi) is 7.75. The Labute approximate surface area is 180 Å². The van der Waals surface area contributed by atoms with E-state index in [0.717, 1.165) is 22.5 Å². The SMILES string of the molecule is CCCC1=CC(N(C(=O)C(F)(F)F)C2CCOCC2)C[C@H]1C(=O)OCc1ccccc1. The molecule has 0 radical (unpaired) electrons. The lowest BCUT2D eigenvalue weighted by Gasteiger charge is -2.38. The van der Waals surface area contributed by atoms with Gasteiger partial charge in [-0.2, -0.15) is 13.2 Å². The first-order valence-electron chi connectivity index (χ1n) is 10.7. The Morgan fingerprint density at radius 1 is 1.16 bits per heavy atom. The summed E-state index contributed by atoms with van der Waals surface area (Å²) in [5.74, 6) is -2.95. The van der Waals surface area contributed by atoms with Crippen molar-refractivity contribution in [3.8, 4) is 0 Å². The fraction of sp³-hybridized carbons (Fsp3) is 0.565. The third-order valence-electron chi connectivity index (χ3n) is 5.80. The maximum Gasteiger partial charge on any atom is 0.471 e. The van der Waals surface area contributed by atoms with Crippen LogP contribution in [0, 0.1) is 5.92 Å². The summed E-state index contributed by atoms with van der Waals surface area (Å²) >= 11 is 0. The van der Waals surface area contributed by atoms with Crippen LogP contribution in [0.3, 0.4) is 0 Å². The molecular weight excluding hydrogens is 411 g/mol. The van der Waals surface area contributed by atoms with Crippen molar-refractivity contribution in [1.82, 2.24) is 4.90 Å². The van der Waals surface area contributed by atoms with Gasteiger partial charge >= 0.3 is 18.1 Å². The van der Waals surface area contributed by atoms with Crippen molar-refractivity contribution in [2.24, 2.45) is 5.92 Å². The number of rotatable bonds is 7. The monoisotopic (exact) mass is 439 g/mol. The molecule has 1 aliphatic heterocycles. The summed E-state index contributed by atoms with van der Waals surface area (Å²) in [4.78, 5) is 26.1. The first-order chi connectivity index (χ1) is 14.8. The van der Waals surface area contributed by atoms with Crippen molar-refractivity contribution in [2.75, 3.05) is 13.2 Å². The fourth-order valence-corrected chi connectivity index (χ4v) is 4.34. The Morgan fingerprint density at radius 3 is 2.45 bits per heavy atom. The van der Waals surface area contributed by atoms with E-state index < -0.39 is 36.1 Å². The van der Waals surface area contributed by atoms with E-state index in [4.69, 9.17) is 9.47 Å². The normalized spacial score (nSPS) is 22.1. The number of ether oxygens (including phenoxy) is 2. The summed E-state index contributed by atoms with van der Waals surface area (Å²) in [5.41, 5.74) is 1.58. The van der Waals surface area contributed by atoms with Crippen LogP contribution in [0.4, 0.5) is 13.2 Å². The van der Waals surface area contributed by atoms with Crippen molar-refractivity contribution in [3.05, 3.63) is 47.5 Å². The minimum Gasteiger partial charge on any atom is -0.460 e. The van der Waals surface area contributed by atoms with Crippen molar-refractivity contribution in [1.29, 1.82) is 0 Å². The summed E-state index contributed by atoms with van der Waals surface area (Å²) in [6.07, 6.45) is -1.17. The lowest BCUT2D eigenvalue weighted by Crippen LogP contribution is -2.53. The number of nitrogens with zero attached hydrogens (tertiary/aromatic N) is 1. The predicted molar refractivity (Wildman–Crippen MR) is 108 cm³/mol. The molecule has 1 fully saturated rings. The maximum absolute atomic E-state index is 13.4. The molecule has 3 rings (SSSR count). The van der Waals surface area contributed by atoms with Crippen LogP contribution in [0.15, 0.2) is 42.0 Å². The molecule has 1 aromatic carbocycles. The molecule has 31 heavy (non-hydrogen) atoms.